The maximum atomic E-state index is 13.2. The Labute approximate surface area is 153 Å². The quantitative estimate of drug-likeness (QED) is 0.713. The number of anilines is 2. The number of amides is 1. The average Bonchev–Trinajstić information content (AvgIpc) is 2.61. The SMILES string of the molecule is Nc1nccnc1C(=O)Nc1ccc(OCc2cccc(F)c2)c(Cl)c1. The number of hydrogen-bond donors (Lipinski definition) is 2. The van der Waals surface area contributed by atoms with Crippen LogP contribution < -0.4 is 15.8 Å². The fourth-order valence-corrected chi connectivity index (χ4v) is 2.43. The summed E-state index contributed by atoms with van der Waals surface area (Å²) >= 11 is 6.18. The Morgan fingerprint density at radius 1 is 1.19 bits per heavy atom. The monoisotopic (exact) mass is 372 g/mol. The van der Waals surface area contributed by atoms with Crippen molar-refractivity contribution in [3.8, 4) is 5.75 Å². The number of ether oxygens (including phenoxy) is 1. The molecule has 2 aromatic carbocycles. The summed E-state index contributed by atoms with van der Waals surface area (Å²) in [6, 6.07) is 10.9. The molecule has 1 amide bonds. The molecule has 0 radical (unpaired) electrons. The van der Waals surface area contributed by atoms with Crippen LogP contribution in [0.25, 0.3) is 0 Å². The Morgan fingerprint density at radius 3 is 2.73 bits per heavy atom. The van der Waals surface area contributed by atoms with Gasteiger partial charge in [-0.25, -0.2) is 14.4 Å². The minimum absolute atomic E-state index is 0.0232. The van der Waals surface area contributed by atoms with Crippen LogP contribution in [0.4, 0.5) is 15.9 Å². The Hall–Kier alpha value is -3.19. The van der Waals surface area contributed by atoms with Crippen molar-refractivity contribution in [3.05, 3.63) is 77.0 Å². The first-order valence-corrected chi connectivity index (χ1v) is 7.95. The van der Waals surface area contributed by atoms with Crippen molar-refractivity contribution in [1.29, 1.82) is 0 Å². The van der Waals surface area contributed by atoms with Crippen molar-refractivity contribution in [2.75, 3.05) is 11.1 Å². The lowest BCUT2D eigenvalue weighted by atomic mass is 10.2. The number of nitrogens with two attached hydrogens (primary N) is 1. The van der Waals surface area contributed by atoms with E-state index >= 15 is 0 Å². The summed E-state index contributed by atoms with van der Waals surface area (Å²) in [7, 11) is 0. The zero-order valence-electron chi connectivity index (χ0n) is 13.4. The first-order chi connectivity index (χ1) is 12.5. The minimum atomic E-state index is -0.500. The number of halogens is 2. The molecular weight excluding hydrogens is 359 g/mol. The molecule has 0 saturated carbocycles. The van der Waals surface area contributed by atoms with E-state index in [9.17, 15) is 9.18 Å². The largest absolute Gasteiger partial charge is 0.487 e. The second kappa shape index (κ2) is 7.79. The highest BCUT2D eigenvalue weighted by molar-refractivity contribution is 6.32. The van der Waals surface area contributed by atoms with E-state index in [0.29, 0.717) is 22.0 Å². The molecule has 132 valence electrons. The van der Waals surface area contributed by atoms with E-state index in [1.807, 2.05) is 0 Å². The summed E-state index contributed by atoms with van der Waals surface area (Å²) in [5.41, 5.74) is 6.78. The van der Waals surface area contributed by atoms with Gasteiger partial charge in [-0.05, 0) is 35.9 Å². The van der Waals surface area contributed by atoms with Crippen LogP contribution in [0.2, 0.25) is 5.02 Å². The molecule has 3 aromatic rings. The molecule has 3 rings (SSSR count). The summed E-state index contributed by atoms with van der Waals surface area (Å²) in [6.07, 6.45) is 2.77. The highest BCUT2D eigenvalue weighted by Gasteiger charge is 2.13. The highest BCUT2D eigenvalue weighted by atomic mass is 35.5. The van der Waals surface area contributed by atoms with Crippen LogP contribution in [0.3, 0.4) is 0 Å². The lowest BCUT2D eigenvalue weighted by Gasteiger charge is -2.11. The second-order valence-corrected chi connectivity index (χ2v) is 5.72. The van der Waals surface area contributed by atoms with E-state index in [-0.39, 0.29) is 23.9 Å². The molecule has 0 aliphatic heterocycles. The number of carbonyl (C=O) groups is 1. The molecule has 0 saturated heterocycles. The van der Waals surface area contributed by atoms with Gasteiger partial charge in [0.1, 0.15) is 18.2 Å². The van der Waals surface area contributed by atoms with Gasteiger partial charge in [0, 0.05) is 18.1 Å². The summed E-state index contributed by atoms with van der Waals surface area (Å²) in [5.74, 6) is -0.391. The van der Waals surface area contributed by atoms with Gasteiger partial charge in [0.05, 0.1) is 5.02 Å². The zero-order valence-corrected chi connectivity index (χ0v) is 14.2. The number of aromatic nitrogens is 2. The van der Waals surface area contributed by atoms with E-state index in [0.717, 1.165) is 0 Å². The van der Waals surface area contributed by atoms with Crippen LogP contribution in [0.15, 0.2) is 54.9 Å². The molecule has 8 heteroatoms. The molecule has 1 aromatic heterocycles. The Balaban J connectivity index is 1.67. The zero-order chi connectivity index (χ0) is 18.5. The number of nitrogens with zero attached hydrogens (tertiary/aromatic N) is 2. The van der Waals surface area contributed by atoms with Crippen LogP contribution in [-0.2, 0) is 6.61 Å². The maximum absolute atomic E-state index is 13.2. The van der Waals surface area contributed by atoms with Gasteiger partial charge >= 0.3 is 0 Å². The third-order valence-corrected chi connectivity index (χ3v) is 3.71. The van der Waals surface area contributed by atoms with E-state index in [1.54, 1.807) is 24.3 Å². The normalized spacial score (nSPS) is 10.4. The second-order valence-electron chi connectivity index (χ2n) is 5.31. The minimum Gasteiger partial charge on any atom is -0.487 e. The first-order valence-electron chi connectivity index (χ1n) is 7.57. The number of carbonyl (C=O) groups excluding carboxylic acids is 1. The predicted molar refractivity (Wildman–Crippen MR) is 96.6 cm³/mol. The van der Waals surface area contributed by atoms with Crippen molar-refractivity contribution >= 4 is 29.0 Å². The van der Waals surface area contributed by atoms with Crippen LogP contribution in [-0.4, -0.2) is 15.9 Å². The Bertz CT molecular complexity index is 952. The fourth-order valence-electron chi connectivity index (χ4n) is 2.20. The standard InChI is InChI=1S/C18H14ClFN4O2/c19-14-9-13(24-18(25)16-17(21)23-7-6-22-16)4-5-15(14)26-10-11-2-1-3-12(20)8-11/h1-9H,10H2,(H2,21,23)(H,24,25). The molecule has 26 heavy (non-hydrogen) atoms. The van der Waals surface area contributed by atoms with Gasteiger partial charge in [-0.3, -0.25) is 4.79 Å². The van der Waals surface area contributed by atoms with E-state index < -0.39 is 5.91 Å². The topological polar surface area (TPSA) is 90.1 Å². The van der Waals surface area contributed by atoms with Gasteiger partial charge in [0.2, 0.25) is 0 Å². The van der Waals surface area contributed by atoms with Crippen molar-refractivity contribution in [2.45, 2.75) is 6.61 Å². The molecule has 0 aliphatic rings. The third-order valence-electron chi connectivity index (χ3n) is 3.41. The molecule has 0 unspecified atom stereocenters. The van der Waals surface area contributed by atoms with Gasteiger partial charge in [-0.2, -0.15) is 0 Å². The van der Waals surface area contributed by atoms with Crippen molar-refractivity contribution in [3.63, 3.8) is 0 Å². The van der Waals surface area contributed by atoms with Gasteiger partial charge in [-0.15, -0.1) is 0 Å². The lowest BCUT2D eigenvalue weighted by molar-refractivity contribution is 0.102. The number of benzene rings is 2. The molecule has 3 N–H and O–H groups in total. The molecule has 0 atom stereocenters. The smallest absolute Gasteiger partial charge is 0.278 e. The fraction of sp³-hybridized carbons (Fsp3) is 0.0556. The van der Waals surface area contributed by atoms with Crippen LogP contribution in [0.5, 0.6) is 5.75 Å². The molecule has 0 spiro atoms. The van der Waals surface area contributed by atoms with Crippen LogP contribution >= 0.6 is 11.6 Å². The average molecular weight is 373 g/mol. The maximum Gasteiger partial charge on any atom is 0.278 e. The summed E-state index contributed by atoms with van der Waals surface area (Å²) in [5, 5.41) is 2.93. The molecule has 0 aliphatic carbocycles. The van der Waals surface area contributed by atoms with Gasteiger partial charge in [0.15, 0.2) is 11.5 Å². The summed E-state index contributed by atoms with van der Waals surface area (Å²) in [6.45, 7) is 0.166. The number of nitrogen functional groups attached to an aromatic ring is 1. The predicted octanol–water partition coefficient (Wildman–Crippen LogP) is 3.68. The molecule has 6 nitrogen and oxygen atoms in total. The van der Waals surface area contributed by atoms with Gasteiger partial charge in [0.25, 0.3) is 5.91 Å². The molecule has 1 heterocycles. The van der Waals surface area contributed by atoms with E-state index in [1.165, 1.54) is 30.6 Å². The van der Waals surface area contributed by atoms with Crippen molar-refractivity contribution in [1.82, 2.24) is 9.97 Å². The number of hydrogen-bond acceptors (Lipinski definition) is 5. The van der Waals surface area contributed by atoms with Crippen molar-refractivity contribution < 1.29 is 13.9 Å². The van der Waals surface area contributed by atoms with Crippen LogP contribution in [0, 0.1) is 5.82 Å². The van der Waals surface area contributed by atoms with E-state index in [4.69, 9.17) is 22.1 Å². The molecule has 0 fully saturated rings. The van der Waals surface area contributed by atoms with Crippen molar-refractivity contribution in [2.24, 2.45) is 0 Å². The molecule has 0 bridgehead atoms. The summed E-state index contributed by atoms with van der Waals surface area (Å²) < 4.78 is 18.8. The van der Waals surface area contributed by atoms with Gasteiger partial charge < -0.3 is 15.8 Å². The lowest BCUT2D eigenvalue weighted by Crippen LogP contribution is -2.16. The first kappa shape index (κ1) is 17.6. The Morgan fingerprint density at radius 2 is 2.00 bits per heavy atom. The van der Waals surface area contributed by atoms with Crippen LogP contribution in [0.1, 0.15) is 16.1 Å². The number of rotatable bonds is 5. The third kappa shape index (κ3) is 4.25. The summed E-state index contributed by atoms with van der Waals surface area (Å²) in [4.78, 5) is 19.9. The Kier molecular flexibility index (Phi) is 5.28. The number of nitrogens with one attached hydrogen (secondary N) is 1. The molecular formula is C18H14ClFN4O2. The van der Waals surface area contributed by atoms with Gasteiger partial charge in [-0.1, -0.05) is 23.7 Å². The van der Waals surface area contributed by atoms with E-state index in [2.05, 4.69) is 15.3 Å². The highest BCUT2D eigenvalue weighted by Crippen LogP contribution is 2.28.